The Morgan fingerprint density at radius 2 is 2.38 bits per heavy atom. The standard InChI is InChI=1S/C6H13NO/c1-7-6-4-2-3-5-8-6/h6-7H,2-5H2,1H3/t6-/m1/s1. The Kier molecular flexibility index (Phi) is 2.30. The second-order valence-electron chi connectivity index (χ2n) is 2.14. The molecule has 0 aromatic carbocycles. The minimum absolute atomic E-state index is 0.337. The third-order valence-corrected chi connectivity index (χ3v) is 1.50. The van der Waals surface area contributed by atoms with Crippen molar-refractivity contribution in [3.8, 4) is 0 Å². The van der Waals surface area contributed by atoms with Crippen LogP contribution in [0.5, 0.6) is 0 Å². The molecule has 1 heterocycles. The molecule has 0 aliphatic carbocycles. The Morgan fingerprint density at radius 3 is 2.75 bits per heavy atom. The highest BCUT2D eigenvalue weighted by molar-refractivity contribution is 4.57. The highest BCUT2D eigenvalue weighted by Crippen LogP contribution is 2.08. The number of hydrogen-bond acceptors (Lipinski definition) is 2. The van der Waals surface area contributed by atoms with Crippen LogP contribution in [-0.2, 0) is 4.74 Å². The lowest BCUT2D eigenvalue weighted by Gasteiger charge is -2.21. The van der Waals surface area contributed by atoms with E-state index in [9.17, 15) is 0 Å². The van der Waals surface area contributed by atoms with E-state index in [1.54, 1.807) is 0 Å². The van der Waals surface area contributed by atoms with E-state index in [2.05, 4.69) is 5.32 Å². The Balaban J connectivity index is 2.13. The molecular weight excluding hydrogens is 102 g/mol. The van der Waals surface area contributed by atoms with Crippen LogP contribution < -0.4 is 5.32 Å². The second kappa shape index (κ2) is 3.05. The summed E-state index contributed by atoms with van der Waals surface area (Å²) in [4.78, 5) is 0. The van der Waals surface area contributed by atoms with Gasteiger partial charge >= 0.3 is 0 Å². The summed E-state index contributed by atoms with van der Waals surface area (Å²) in [6, 6.07) is 0. The zero-order valence-electron chi connectivity index (χ0n) is 5.31. The van der Waals surface area contributed by atoms with Crippen LogP contribution >= 0.6 is 0 Å². The maximum Gasteiger partial charge on any atom is 0.107 e. The molecule has 1 N–H and O–H groups in total. The Hall–Kier alpha value is -0.0800. The zero-order chi connectivity index (χ0) is 5.82. The average molecular weight is 115 g/mol. The van der Waals surface area contributed by atoms with Crippen LogP contribution in [0.2, 0.25) is 0 Å². The van der Waals surface area contributed by atoms with E-state index in [-0.39, 0.29) is 0 Å². The van der Waals surface area contributed by atoms with Crippen LogP contribution in [0.3, 0.4) is 0 Å². The summed E-state index contributed by atoms with van der Waals surface area (Å²) < 4.78 is 5.32. The minimum atomic E-state index is 0.337. The van der Waals surface area contributed by atoms with Gasteiger partial charge in [0, 0.05) is 6.61 Å². The van der Waals surface area contributed by atoms with E-state index < -0.39 is 0 Å². The van der Waals surface area contributed by atoms with Crippen molar-refractivity contribution < 1.29 is 4.74 Å². The molecule has 0 unspecified atom stereocenters. The molecule has 0 bridgehead atoms. The Labute approximate surface area is 50.2 Å². The highest BCUT2D eigenvalue weighted by Gasteiger charge is 2.09. The molecule has 0 radical (unpaired) electrons. The van der Waals surface area contributed by atoms with Gasteiger partial charge in [-0.25, -0.2) is 0 Å². The zero-order valence-corrected chi connectivity index (χ0v) is 5.31. The van der Waals surface area contributed by atoms with Gasteiger partial charge in [-0.1, -0.05) is 0 Å². The van der Waals surface area contributed by atoms with E-state index in [4.69, 9.17) is 4.74 Å². The monoisotopic (exact) mass is 115 g/mol. The van der Waals surface area contributed by atoms with Crippen molar-refractivity contribution in [2.75, 3.05) is 13.7 Å². The maximum atomic E-state index is 5.32. The minimum Gasteiger partial charge on any atom is -0.363 e. The van der Waals surface area contributed by atoms with E-state index >= 15 is 0 Å². The lowest BCUT2D eigenvalue weighted by atomic mass is 10.2. The summed E-state index contributed by atoms with van der Waals surface area (Å²) in [7, 11) is 1.94. The fourth-order valence-corrected chi connectivity index (χ4v) is 0.968. The van der Waals surface area contributed by atoms with E-state index in [0.29, 0.717) is 6.23 Å². The van der Waals surface area contributed by atoms with Crippen LogP contribution in [0.15, 0.2) is 0 Å². The topological polar surface area (TPSA) is 21.3 Å². The fourth-order valence-electron chi connectivity index (χ4n) is 0.968. The summed E-state index contributed by atoms with van der Waals surface area (Å²) >= 11 is 0. The molecule has 0 aromatic rings. The summed E-state index contributed by atoms with van der Waals surface area (Å²) in [5.74, 6) is 0. The molecule has 48 valence electrons. The lowest BCUT2D eigenvalue weighted by molar-refractivity contribution is -0.000317. The average Bonchev–Trinajstić information content (AvgIpc) is 1.90. The molecule has 1 saturated heterocycles. The summed E-state index contributed by atoms with van der Waals surface area (Å²) in [6.45, 7) is 0.936. The van der Waals surface area contributed by atoms with E-state index in [1.807, 2.05) is 7.05 Å². The normalized spacial score (nSPS) is 30.4. The van der Waals surface area contributed by atoms with E-state index in [1.165, 1.54) is 19.3 Å². The van der Waals surface area contributed by atoms with Crippen LogP contribution in [0.1, 0.15) is 19.3 Å². The van der Waals surface area contributed by atoms with Crippen LogP contribution in [0.25, 0.3) is 0 Å². The molecule has 8 heavy (non-hydrogen) atoms. The molecule has 1 atom stereocenters. The molecule has 1 rings (SSSR count). The van der Waals surface area contributed by atoms with Gasteiger partial charge in [0.2, 0.25) is 0 Å². The predicted octanol–water partition coefficient (Wildman–Crippen LogP) is 0.732. The van der Waals surface area contributed by atoms with Crippen molar-refractivity contribution >= 4 is 0 Å². The Morgan fingerprint density at radius 1 is 1.50 bits per heavy atom. The van der Waals surface area contributed by atoms with Gasteiger partial charge in [0.25, 0.3) is 0 Å². The summed E-state index contributed by atoms with van der Waals surface area (Å²) in [6.07, 6.45) is 4.06. The number of hydrogen-bond donors (Lipinski definition) is 1. The first-order chi connectivity index (χ1) is 3.93. The first-order valence-corrected chi connectivity index (χ1v) is 3.22. The number of ether oxygens (including phenoxy) is 1. The van der Waals surface area contributed by atoms with Gasteiger partial charge in [-0.2, -0.15) is 0 Å². The molecule has 2 heteroatoms. The van der Waals surface area contributed by atoms with Gasteiger partial charge in [-0.15, -0.1) is 0 Å². The van der Waals surface area contributed by atoms with Gasteiger partial charge in [-0.05, 0) is 26.3 Å². The van der Waals surface area contributed by atoms with Crippen molar-refractivity contribution in [3.05, 3.63) is 0 Å². The number of nitrogens with one attached hydrogen (secondary N) is 1. The highest BCUT2D eigenvalue weighted by atomic mass is 16.5. The first kappa shape index (κ1) is 6.05. The van der Waals surface area contributed by atoms with Crippen molar-refractivity contribution in [2.45, 2.75) is 25.5 Å². The molecule has 0 amide bonds. The largest absolute Gasteiger partial charge is 0.363 e. The van der Waals surface area contributed by atoms with Crippen molar-refractivity contribution in [1.29, 1.82) is 0 Å². The molecule has 1 aliphatic heterocycles. The van der Waals surface area contributed by atoms with Crippen LogP contribution in [0, 0.1) is 0 Å². The summed E-state index contributed by atoms with van der Waals surface area (Å²) in [5, 5.41) is 3.08. The molecule has 1 fully saturated rings. The van der Waals surface area contributed by atoms with Gasteiger partial charge in [0.15, 0.2) is 0 Å². The van der Waals surface area contributed by atoms with Crippen molar-refractivity contribution in [1.82, 2.24) is 5.32 Å². The first-order valence-electron chi connectivity index (χ1n) is 3.22. The SMILES string of the molecule is CN[C@H]1CCCCO1. The molecule has 0 spiro atoms. The predicted molar refractivity (Wildman–Crippen MR) is 32.7 cm³/mol. The fraction of sp³-hybridized carbons (Fsp3) is 1.00. The third-order valence-electron chi connectivity index (χ3n) is 1.50. The smallest absolute Gasteiger partial charge is 0.107 e. The van der Waals surface area contributed by atoms with Crippen molar-refractivity contribution in [3.63, 3.8) is 0 Å². The van der Waals surface area contributed by atoms with Gasteiger partial charge in [-0.3, -0.25) is 5.32 Å². The van der Waals surface area contributed by atoms with Crippen LogP contribution in [-0.4, -0.2) is 19.9 Å². The van der Waals surface area contributed by atoms with Gasteiger partial charge < -0.3 is 4.74 Å². The quantitative estimate of drug-likeness (QED) is 0.544. The maximum absolute atomic E-state index is 5.32. The van der Waals surface area contributed by atoms with Crippen molar-refractivity contribution in [2.24, 2.45) is 0 Å². The molecule has 1 aliphatic rings. The van der Waals surface area contributed by atoms with Crippen LogP contribution in [0.4, 0.5) is 0 Å². The van der Waals surface area contributed by atoms with Gasteiger partial charge in [0.1, 0.15) is 6.23 Å². The molecular formula is C6H13NO. The van der Waals surface area contributed by atoms with Gasteiger partial charge in [0.05, 0.1) is 0 Å². The second-order valence-corrected chi connectivity index (χ2v) is 2.14. The molecule has 0 aromatic heterocycles. The van der Waals surface area contributed by atoms with E-state index in [0.717, 1.165) is 6.61 Å². The lowest BCUT2D eigenvalue weighted by Crippen LogP contribution is -2.31. The third kappa shape index (κ3) is 1.46. The molecule has 2 nitrogen and oxygen atoms in total. The number of rotatable bonds is 1. The Bertz CT molecular complexity index is 59.5. The summed E-state index contributed by atoms with van der Waals surface area (Å²) in [5.41, 5.74) is 0. The molecule has 0 saturated carbocycles.